The first-order valence-electron chi connectivity index (χ1n) is 5.86. The lowest BCUT2D eigenvalue weighted by Crippen LogP contribution is -2.26. The first-order chi connectivity index (χ1) is 7.95. The number of carbonyl (C=O) groups is 1. The zero-order chi connectivity index (χ0) is 13.0. The Morgan fingerprint density at radius 2 is 1.94 bits per heavy atom. The number of benzene rings is 1. The van der Waals surface area contributed by atoms with Gasteiger partial charge in [0.2, 0.25) is 0 Å². The Hall–Kier alpha value is -1.51. The number of aryl methyl sites for hydroxylation is 2. The fraction of sp³-hybridized carbons (Fsp3) is 0.500. The van der Waals surface area contributed by atoms with E-state index in [-0.39, 0.29) is 5.97 Å². The van der Waals surface area contributed by atoms with Crippen molar-refractivity contribution < 1.29 is 14.3 Å². The van der Waals surface area contributed by atoms with Crippen molar-refractivity contribution in [2.45, 2.75) is 40.7 Å². The largest absolute Gasteiger partial charge is 0.479 e. The topological polar surface area (TPSA) is 35.5 Å². The van der Waals surface area contributed by atoms with Gasteiger partial charge in [0.1, 0.15) is 5.75 Å². The van der Waals surface area contributed by atoms with E-state index in [2.05, 4.69) is 6.07 Å². The van der Waals surface area contributed by atoms with Crippen molar-refractivity contribution in [3.05, 3.63) is 28.8 Å². The maximum absolute atomic E-state index is 11.5. The highest BCUT2D eigenvalue weighted by Gasteiger charge is 2.17. The maximum atomic E-state index is 11.5. The molecule has 0 amide bonds. The molecule has 0 aliphatic heterocycles. The van der Waals surface area contributed by atoms with Gasteiger partial charge in [0.25, 0.3) is 0 Å². The molecule has 1 aromatic carbocycles. The molecule has 0 aliphatic carbocycles. The lowest BCUT2D eigenvalue weighted by Gasteiger charge is -2.16. The van der Waals surface area contributed by atoms with Crippen LogP contribution in [-0.2, 0) is 9.53 Å². The van der Waals surface area contributed by atoms with Crippen molar-refractivity contribution in [2.24, 2.45) is 0 Å². The van der Waals surface area contributed by atoms with Crippen LogP contribution in [0.3, 0.4) is 0 Å². The van der Waals surface area contributed by atoms with Gasteiger partial charge in [-0.25, -0.2) is 4.79 Å². The fourth-order valence-corrected chi connectivity index (χ4v) is 1.62. The predicted octanol–water partition coefficient (Wildman–Crippen LogP) is 2.94. The summed E-state index contributed by atoms with van der Waals surface area (Å²) in [5.74, 6) is 0.425. The van der Waals surface area contributed by atoms with Crippen molar-refractivity contribution >= 4 is 5.97 Å². The molecule has 0 fully saturated rings. The minimum Gasteiger partial charge on any atom is -0.479 e. The summed E-state index contributed by atoms with van der Waals surface area (Å²) >= 11 is 0. The van der Waals surface area contributed by atoms with Gasteiger partial charge in [-0.1, -0.05) is 6.07 Å². The van der Waals surface area contributed by atoms with Crippen LogP contribution >= 0.6 is 0 Å². The van der Waals surface area contributed by atoms with Gasteiger partial charge in [-0.15, -0.1) is 0 Å². The van der Waals surface area contributed by atoms with Gasteiger partial charge in [0.15, 0.2) is 6.10 Å². The van der Waals surface area contributed by atoms with Gasteiger partial charge < -0.3 is 9.47 Å². The average molecular weight is 236 g/mol. The average Bonchev–Trinajstić information content (AvgIpc) is 2.25. The fourth-order valence-electron chi connectivity index (χ4n) is 1.62. The first-order valence-corrected chi connectivity index (χ1v) is 5.86. The molecule has 1 rings (SSSR count). The molecule has 1 atom stereocenters. The zero-order valence-electron chi connectivity index (χ0n) is 11.2. The second-order valence-electron chi connectivity index (χ2n) is 4.22. The Kier molecular flexibility index (Phi) is 4.55. The number of rotatable bonds is 4. The van der Waals surface area contributed by atoms with Crippen LogP contribution in [0, 0.1) is 20.8 Å². The molecule has 0 radical (unpaired) electrons. The summed E-state index contributed by atoms with van der Waals surface area (Å²) in [4.78, 5) is 11.5. The van der Waals surface area contributed by atoms with Crippen molar-refractivity contribution in [1.82, 2.24) is 0 Å². The number of hydrogen-bond donors (Lipinski definition) is 0. The molecule has 0 N–H and O–H groups in total. The molecular weight excluding hydrogens is 216 g/mol. The first kappa shape index (κ1) is 13.6. The molecule has 3 heteroatoms. The van der Waals surface area contributed by atoms with Crippen LogP contribution in [0.4, 0.5) is 0 Å². The summed E-state index contributed by atoms with van der Waals surface area (Å²) < 4.78 is 10.6. The molecule has 17 heavy (non-hydrogen) atoms. The van der Waals surface area contributed by atoms with Crippen LogP contribution in [0.2, 0.25) is 0 Å². The number of hydrogen-bond acceptors (Lipinski definition) is 3. The Morgan fingerprint density at radius 3 is 2.53 bits per heavy atom. The molecule has 1 aromatic rings. The molecule has 0 bridgehead atoms. The quantitative estimate of drug-likeness (QED) is 0.754. The Bertz CT molecular complexity index is 410. The van der Waals surface area contributed by atoms with Crippen LogP contribution in [0.1, 0.15) is 30.5 Å². The van der Waals surface area contributed by atoms with Gasteiger partial charge in [0.05, 0.1) is 6.61 Å². The van der Waals surface area contributed by atoms with Gasteiger partial charge in [-0.2, -0.15) is 0 Å². The van der Waals surface area contributed by atoms with E-state index in [9.17, 15) is 4.79 Å². The van der Waals surface area contributed by atoms with E-state index in [4.69, 9.17) is 9.47 Å². The third-order valence-corrected chi connectivity index (χ3v) is 2.69. The molecule has 0 unspecified atom stereocenters. The molecule has 3 nitrogen and oxygen atoms in total. The Morgan fingerprint density at radius 1 is 1.29 bits per heavy atom. The number of esters is 1. The molecular formula is C14H20O3. The van der Waals surface area contributed by atoms with E-state index in [0.717, 1.165) is 22.4 Å². The summed E-state index contributed by atoms with van der Waals surface area (Å²) in [6.45, 7) is 9.89. The molecule has 0 saturated carbocycles. The van der Waals surface area contributed by atoms with E-state index in [1.165, 1.54) is 0 Å². The minimum absolute atomic E-state index is 0.328. The number of carbonyl (C=O) groups excluding carboxylic acids is 1. The highest BCUT2D eigenvalue weighted by molar-refractivity contribution is 5.74. The van der Waals surface area contributed by atoms with Gasteiger partial charge in [-0.3, -0.25) is 0 Å². The smallest absolute Gasteiger partial charge is 0.347 e. The maximum Gasteiger partial charge on any atom is 0.347 e. The van der Waals surface area contributed by atoms with Crippen molar-refractivity contribution in [2.75, 3.05) is 6.61 Å². The standard InChI is InChI=1S/C14H20O3/c1-6-16-14(15)12(5)17-13-8-9(2)7-10(3)11(13)4/h7-8,12H,6H2,1-5H3/t12-/m1/s1. The molecule has 0 aromatic heterocycles. The Labute approximate surface area is 103 Å². The van der Waals surface area contributed by atoms with Gasteiger partial charge in [-0.05, 0) is 57.4 Å². The third kappa shape index (κ3) is 3.48. The zero-order valence-corrected chi connectivity index (χ0v) is 11.2. The van der Waals surface area contributed by atoms with Crippen molar-refractivity contribution in [3.8, 4) is 5.75 Å². The van der Waals surface area contributed by atoms with Crippen molar-refractivity contribution in [3.63, 3.8) is 0 Å². The summed E-state index contributed by atoms with van der Waals surface area (Å²) in [5.41, 5.74) is 3.35. The molecule has 0 spiro atoms. The lowest BCUT2D eigenvalue weighted by atomic mass is 10.1. The summed E-state index contributed by atoms with van der Waals surface area (Å²) in [6, 6.07) is 4.04. The highest BCUT2D eigenvalue weighted by atomic mass is 16.6. The van der Waals surface area contributed by atoms with Crippen LogP contribution < -0.4 is 4.74 Å². The molecule has 0 saturated heterocycles. The number of ether oxygens (including phenoxy) is 2. The lowest BCUT2D eigenvalue weighted by molar-refractivity contribution is -0.150. The van der Waals surface area contributed by atoms with E-state index in [1.807, 2.05) is 26.8 Å². The molecule has 94 valence electrons. The normalized spacial score (nSPS) is 12.1. The van der Waals surface area contributed by atoms with Gasteiger partial charge in [0, 0.05) is 0 Å². The Balaban J connectivity index is 2.84. The summed E-state index contributed by atoms with van der Waals surface area (Å²) in [6.07, 6.45) is -0.574. The monoisotopic (exact) mass is 236 g/mol. The second kappa shape index (κ2) is 5.71. The highest BCUT2D eigenvalue weighted by Crippen LogP contribution is 2.24. The summed E-state index contributed by atoms with van der Waals surface area (Å²) in [7, 11) is 0. The van der Waals surface area contributed by atoms with E-state index >= 15 is 0 Å². The molecule has 0 aliphatic rings. The van der Waals surface area contributed by atoms with Crippen LogP contribution in [-0.4, -0.2) is 18.7 Å². The molecule has 0 heterocycles. The van der Waals surface area contributed by atoms with E-state index in [0.29, 0.717) is 6.61 Å². The predicted molar refractivity (Wildman–Crippen MR) is 67.4 cm³/mol. The van der Waals surface area contributed by atoms with E-state index < -0.39 is 6.10 Å². The van der Waals surface area contributed by atoms with E-state index in [1.54, 1.807) is 13.8 Å². The van der Waals surface area contributed by atoms with Crippen LogP contribution in [0.5, 0.6) is 5.75 Å². The second-order valence-corrected chi connectivity index (χ2v) is 4.22. The van der Waals surface area contributed by atoms with Crippen LogP contribution in [0.15, 0.2) is 12.1 Å². The minimum atomic E-state index is -0.574. The third-order valence-electron chi connectivity index (χ3n) is 2.69. The van der Waals surface area contributed by atoms with Gasteiger partial charge >= 0.3 is 5.97 Å². The van der Waals surface area contributed by atoms with Crippen molar-refractivity contribution in [1.29, 1.82) is 0 Å². The summed E-state index contributed by atoms with van der Waals surface area (Å²) in [5, 5.41) is 0. The van der Waals surface area contributed by atoms with Crippen LogP contribution in [0.25, 0.3) is 0 Å². The SMILES string of the molecule is CCOC(=O)[C@@H](C)Oc1cc(C)cc(C)c1C.